The number of rotatable bonds is 3. The van der Waals surface area contributed by atoms with Crippen LogP contribution in [0.25, 0.3) is 16.6 Å². The van der Waals surface area contributed by atoms with Crippen LogP contribution >= 0.6 is 11.6 Å². The Balaban J connectivity index is 1.98. The lowest BCUT2D eigenvalue weighted by molar-refractivity contribution is 0.0693. The zero-order valence-electron chi connectivity index (χ0n) is 12.1. The second-order valence-electron chi connectivity index (χ2n) is 5.07. The maximum atomic E-state index is 11.5. The number of benzene rings is 1. The summed E-state index contributed by atoms with van der Waals surface area (Å²) in [5.41, 5.74) is 2.37. The molecule has 4 aromatic rings. The fourth-order valence-electron chi connectivity index (χ4n) is 2.50. The number of anilines is 2. The van der Waals surface area contributed by atoms with Crippen LogP contribution in [0, 0.1) is 0 Å². The van der Waals surface area contributed by atoms with Gasteiger partial charge in [0, 0.05) is 16.9 Å². The van der Waals surface area contributed by atoms with E-state index in [1.165, 1.54) is 6.33 Å². The third kappa shape index (κ3) is 2.31. The van der Waals surface area contributed by atoms with Gasteiger partial charge in [-0.25, -0.2) is 14.8 Å². The van der Waals surface area contributed by atoms with Crippen LogP contribution in [0.2, 0.25) is 5.02 Å². The molecular weight excluding hydrogens is 330 g/mol. The van der Waals surface area contributed by atoms with Crippen LogP contribution < -0.4 is 5.32 Å². The van der Waals surface area contributed by atoms with E-state index in [1.54, 1.807) is 47.1 Å². The van der Waals surface area contributed by atoms with Gasteiger partial charge in [0.25, 0.3) is 0 Å². The first kappa shape index (κ1) is 14.4. The second-order valence-corrected chi connectivity index (χ2v) is 5.51. The zero-order chi connectivity index (χ0) is 16.7. The number of imidazole rings is 1. The molecule has 0 unspecified atom stereocenters. The molecule has 1 aromatic carbocycles. The van der Waals surface area contributed by atoms with Crippen LogP contribution in [-0.2, 0) is 0 Å². The van der Waals surface area contributed by atoms with Crippen LogP contribution in [-0.4, -0.2) is 30.4 Å². The van der Waals surface area contributed by atoms with Gasteiger partial charge in [0.15, 0.2) is 11.5 Å². The minimum absolute atomic E-state index is 0.0790. The van der Waals surface area contributed by atoms with Crippen molar-refractivity contribution in [2.24, 2.45) is 0 Å². The molecule has 0 amide bonds. The SMILES string of the molecule is O=C(O)c1ncn2c1c(Nc1ccc(Cl)cc1)nc1ccncc12. The Hall–Kier alpha value is -3.19. The fourth-order valence-corrected chi connectivity index (χ4v) is 2.63. The van der Waals surface area contributed by atoms with Gasteiger partial charge in [0.05, 0.1) is 17.2 Å². The van der Waals surface area contributed by atoms with E-state index in [2.05, 4.69) is 20.3 Å². The highest BCUT2D eigenvalue weighted by Gasteiger charge is 2.19. The maximum Gasteiger partial charge on any atom is 0.356 e. The average molecular weight is 340 g/mol. The number of fused-ring (bicyclic) bond motifs is 3. The zero-order valence-corrected chi connectivity index (χ0v) is 12.9. The number of hydrogen-bond donors (Lipinski definition) is 2. The molecule has 0 fully saturated rings. The van der Waals surface area contributed by atoms with Crippen LogP contribution in [0.5, 0.6) is 0 Å². The Kier molecular flexibility index (Phi) is 3.28. The first-order valence-electron chi connectivity index (χ1n) is 7.00. The van der Waals surface area contributed by atoms with Crippen molar-refractivity contribution in [1.29, 1.82) is 0 Å². The van der Waals surface area contributed by atoms with Crippen LogP contribution in [0.3, 0.4) is 0 Å². The number of nitrogens with zero attached hydrogens (tertiary/aromatic N) is 4. The average Bonchev–Trinajstić information content (AvgIpc) is 3.03. The molecule has 0 saturated heterocycles. The molecule has 4 rings (SSSR count). The molecule has 118 valence electrons. The van der Waals surface area contributed by atoms with Gasteiger partial charge in [-0.1, -0.05) is 11.6 Å². The van der Waals surface area contributed by atoms with E-state index < -0.39 is 5.97 Å². The first-order chi connectivity index (χ1) is 11.6. The normalized spacial score (nSPS) is 11.0. The molecule has 0 aliphatic carbocycles. The number of aromatic carboxylic acids is 1. The Morgan fingerprint density at radius 3 is 2.75 bits per heavy atom. The Bertz CT molecular complexity index is 1080. The van der Waals surface area contributed by atoms with E-state index in [0.717, 1.165) is 5.69 Å². The van der Waals surface area contributed by atoms with Crippen LogP contribution in [0.4, 0.5) is 11.5 Å². The highest BCUT2D eigenvalue weighted by atomic mass is 35.5. The molecule has 0 aliphatic rings. The minimum Gasteiger partial charge on any atom is -0.476 e. The largest absolute Gasteiger partial charge is 0.476 e. The fraction of sp³-hybridized carbons (Fsp3) is 0. The Morgan fingerprint density at radius 1 is 1.21 bits per heavy atom. The number of halogens is 1. The molecule has 3 heterocycles. The summed E-state index contributed by atoms with van der Waals surface area (Å²) in [5, 5.41) is 13.1. The number of carboxylic acid groups (broad SMARTS) is 1. The van der Waals surface area contributed by atoms with Gasteiger partial charge < -0.3 is 10.4 Å². The predicted molar refractivity (Wildman–Crippen MR) is 90.0 cm³/mol. The standard InChI is InChI=1S/C16H10ClN5O2/c17-9-1-3-10(4-2-9)20-15-14-13(16(23)24)19-8-22(14)12-7-18-6-5-11(12)21-15/h1-8H,(H,20,21)(H,23,24). The van der Waals surface area contributed by atoms with E-state index in [4.69, 9.17) is 11.6 Å². The highest BCUT2D eigenvalue weighted by Crippen LogP contribution is 2.27. The molecule has 8 heteroatoms. The smallest absolute Gasteiger partial charge is 0.356 e. The van der Waals surface area contributed by atoms with E-state index >= 15 is 0 Å². The van der Waals surface area contributed by atoms with Gasteiger partial charge in [-0.3, -0.25) is 9.38 Å². The number of pyridine rings is 1. The summed E-state index contributed by atoms with van der Waals surface area (Å²) >= 11 is 5.89. The quantitative estimate of drug-likeness (QED) is 0.594. The van der Waals surface area contributed by atoms with Crippen molar-refractivity contribution in [3.63, 3.8) is 0 Å². The molecule has 0 spiro atoms. The minimum atomic E-state index is -1.12. The maximum absolute atomic E-state index is 11.5. The van der Waals surface area contributed by atoms with Gasteiger partial charge in [0.1, 0.15) is 11.8 Å². The number of carboxylic acids is 1. The molecule has 0 aliphatic heterocycles. The van der Waals surface area contributed by atoms with Gasteiger partial charge >= 0.3 is 5.97 Å². The van der Waals surface area contributed by atoms with E-state index in [0.29, 0.717) is 27.4 Å². The molecule has 0 radical (unpaired) electrons. The first-order valence-corrected chi connectivity index (χ1v) is 7.38. The highest BCUT2D eigenvalue weighted by molar-refractivity contribution is 6.30. The lowest BCUT2D eigenvalue weighted by Gasteiger charge is -2.10. The molecule has 0 saturated carbocycles. The third-order valence-corrected chi connectivity index (χ3v) is 3.82. The number of carbonyl (C=O) groups is 1. The molecule has 7 nitrogen and oxygen atoms in total. The second kappa shape index (κ2) is 5.47. The van der Waals surface area contributed by atoms with Gasteiger partial charge in [-0.05, 0) is 30.3 Å². The van der Waals surface area contributed by atoms with Crippen molar-refractivity contribution in [2.45, 2.75) is 0 Å². The summed E-state index contributed by atoms with van der Waals surface area (Å²) in [6.07, 6.45) is 4.70. The summed E-state index contributed by atoms with van der Waals surface area (Å²) in [4.78, 5) is 24.1. The predicted octanol–water partition coefficient (Wildman–Crippen LogP) is 3.37. The third-order valence-electron chi connectivity index (χ3n) is 3.57. The molecule has 0 atom stereocenters. The summed E-state index contributed by atoms with van der Waals surface area (Å²) < 4.78 is 1.66. The summed E-state index contributed by atoms with van der Waals surface area (Å²) in [6, 6.07) is 8.80. The van der Waals surface area contributed by atoms with Gasteiger partial charge in [0.2, 0.25) is 0 Å². The summed E-state index contributed by atoms with van der Waals surface area (Å²) in [7, 11) is 0. The monoisotopic (exact) mass is 339 g/mol. The Morgan fingerprint density at radius 2 is 2.00 bits per heavy atom. The van der Waals surface area contributed by atoms with Crippen LogP contribution in [0.15, 0.2) is 49.1 Å². The van der Waals surface area contributed by atoms with Gasteiger partial charge in [-0.2, -0.15) is 0 Å². The Labute approximate surface area is 140 Å². The molecule has 0 bridgehead atoms. The summed E-state index contributed by atoms with van der Waals surface area (Å²) in [5.74, 6) is -0.729. The molecule has 2 N–H and O–H groups in total. The van der Waals surface area contributed by atoms with Crippen molar-refractivity contribution in [3.05, 3.63) is 59.8 Å². The number of nitrogens with one attached hydrogen (secondary N) is 1. The summed E-state index contributed by atoms with van der Waals surface area (Å²) in [6.45, 7) is 0. The van der Waals surface area contributed by atoms with E-state index in [9.17, 15) is 9.90 Å². The molecule has 24 heavy (non-hydrogen) atoms. The van der Waals surface area contributed by atoms with Crippen LogP contribution in [0.1, 0.15) is 10.5 Å². The topological polar surface area (TPSA) is 92.4 Å². The number of aromatic nitrogens is 4. The van der Waals surface area contributed by atoms with E-state index in [-0.39, 0.29) is 5.69 Å². The van der Waals surface area contributed by atoms with Gasteiger partial charge in [-0.15, -0.1) is 0 Å². The molecular formula is C16H10ClN5O2. The van der Waals surface area contributed by atoms with Crippen molar-refractivity contribution in [3.8, 4) is 0 Å². The lowest BCUT2D eigenvalue weighted by Crippen LogP contribution is -2.04. The van der Waals surface area contributed by atoms with Crippen molar-refractivity contribution in [1.82, 2.24) is 19.4 Å². The van der Waals surface area contributed by atoms with Crippen molar-refractivity contribution >= 4 is 45.6 Å². The van der Waals surface area contributed by atoms with E-state index in [1.807, 2.05) is 0 Å². The molecule has 3 aromatic heterocycles. The van der Waals surface area contributed by atoms with Crippen molar-refractivity contribution < 1.29 is 9.90 Å². The lowest BCUT2D eigenvalue weighted by atomic mass is 10.3. The number of hydrogen-bond acceptors (Lipinski definition) is 5. The van der Waals surface area contributed by atoms with Crippen molar-refractivity contribution in [2.75, 3.05) is 5.32 Å².